The lowest BCUT2D eigenvalue weighted by Gasteiger charge is -2.16. The number of aryl methyl sites for hydroxylation is 1. The van der Waals surface area contributed by atoms with Gasteiger partial charge in [-0.2, -0.15) is 0 Å². The van der Waals surface area contributed by atoms with Crippen LogP contribution in [0.25, 0.3) is 0 Å². The molecule has 0 saturated carbocycles. The first kappa shape index (κ1) is 22.1. The van der Waals surface area contributed by atoms with Crippen LogP contribution < -0.4 is 14.8 Å². The van der Waals surface area contributed by atoms with Crippen molar-refractivity contribution in [2.24, 2.45) is 0 Å². The number of nitrogens with one attached hydrogen (secondary N) is 2. The molecule has 0 aromatic heterocycles. The summed E-state index contributed by atoms with van der Waals surface area (Å²) in [6.07, 6.45) is 0.774. The van der Waals surface area contributed by atoms with Gasteiger partial charge in [-0.15, -0.1) is 6.58 Å². The van der Waals surface area contributed by atoms with E-state index in [1.54, 1.807) is 37.3 Å². The largest absolute Gasteiger partial charge is 0.480 e. The van der Waals surface area contributed by atoms with Crippen molar-refractivity contribution >= 4 is 37.5 Å². The van der Waals surface area contributed by atoms with Crippen LogP contribution in [0.1, 0.15) is 18.1 Å². The average molecular weight is 467 g/mol. The Balaban J connectivity index is 1.95. The summed E-state index contributed by atoms with van der Waals surface area (Å²) in [5.41, 5.74) is 2.25. The van der Waals surface area contributed by atoms with E-state index in [1.807, 2.05) is 19.1 Å². The number of carbonyl (C=O) groups is 1. The second-order valence-corrected chi connectivity index (χ2v) is 8.94. The van der Waals surface area contributed by atoms with Crippen LogP contribution in [0.3, 0.4) is 0 Å². The number of halogens is 1. The molecule has 1 unspecified atom stereocenters. The number of carbonyl (C=O) groups excluding carboxylic acids is 1. The molecule has 0 bridgehead atoms. The molecule has 0 aliphatic carbocycles. The Morgan fingerprint density at radius 2 is 1.93 bits per heavy atom. The van der Waals surface area contributed by atoms with Crippen LogP contribution in [0.4, 0.5) is 5.69 Å². The van der Waals surface area contributed by atoms with Crippen molar-refractivity contribution < 1.29 is 17.9 Å². The molecule has 8 heteroatoms. The second-order valence-electron chi connectivity index (χ2n) is 6.28. The fourth-order valence-electron chi connectivity index (χ4n) is 2.33. The molecule has 2 aromatic rings. The number of benzene rings is 2. The average Bonchev–Trinajstić information content (AvgIpc) is 2.63. The zero-order valence-electron chi connectivity index (χ0n) is 15.7. The molecule has 0 radical (unpaired) electrons. The van der Waals surface area contributed by atoms with Crippen molar-refractivity contribution in [1.29, 1.82) is 0 Å². The first-order chi connectivity index (χ1) is 13.2. The molecule has 1 amide bonds. The minimum atomic E-state index is -3.42. The van der Waals surface area contributed by atoms with E-state index in [9.17, 15) is 13.2 Å². The fraction of sp³-hybridized carbons (Fsp3) is 0.250. The van der Waals surface area contributed by atoms with Crippen molar-refractivity contribution in [1.82, 2.24) is 4.72 Å². The van der Waals surface area contributed by atoms with Gasteiger partial charge in [-0.3, -0.25) is 4.79 Å². The smallest absolute Gasteiger partial charge is 0.265 e. The molecule has 150 valence electrons. The molecule has 2 aromatic carbocycles. The first-order valence-corrected chi connectivity index (χ1v) is 11.1. The van der Waals surface area contributed by atoms with Crippen molar-refractivity contribution in [2.75, 3.05) is 11.9 Å². The molecule has 1 atom stereocenters. The topological polar surface area (TPSA) is 84.5 Å². The highest BCUT2D eigenvalue weighted by atomic mass is 79.9. The molecule has 0 saturated heterocycles. The maximum Gasteiger partial charge on any atom is 0.265 e. The number of ether oxygens (including phenoxy) is 1. The minimum Gasteiger partial charge on any atom is -0.480 e. The summed E-state index contributed by atoms with van der Waals surface area (Å²) in [7, 11) is -3.42. The second kappa shape index (κ2) is 9.86. The van der Waals surface area contributed by atoms with Crippen LogP contribution in [-0.4, -0.2) is 27.0 Å². The molecule has 28 heavy (non-hydrogen) atoms. The molecule has 0 heterocycles. The molecule has 2 N–H and O–H groups in total. The van der Waals surface area contributed by atoms with Gasteiger partial charge in [0.2, 0.25) is 10.0 Å². The van der Waals surface area contributed by atoms with Gasteiger partial charge < -0.3 is 10.1 Å². The van der Waals surface area contributed by atoms with E-state index < -0.39 is 16.1 Å². The highest BCUT2D eigenvalue weighted by Gasteiger charge is 2.17. The van der Waals surface area contributed by atoms with Crippen LogP contribution >= 0.6 is 15.9 Å². The summed E-state index contributed by atoms with van der Waals surface area (Å²) >= 11 is 3.42. The van der Waals surface area contributed by atoms with E-state index in [0.29, 0.717) is 17.0 Å². The summed E-state index contributed by atoms with van der Waals surface area (Å²) in [6, 6.07) is 12.3. The van der Waals surface area contributed by atoms with Crippen LogP contribution in [0.15, 0.2) is 59.6 Å². The van der Waals surface area contributed by atoms with Gasteiger partial charge in [-0.25, -0.2) is 13.1 Å². The van der Waals surface area contributed by atoms with Gasteiger partial charge in [-0.1, -0.05) is 24.3 Å². The number of hydrogen-bond donors (Lipinski definition) is 2. The normalized spacial score (nSPS) is 12.2. The summed E-state index contributed by atoms with van der Waals surface area (Å²) in [4.78, 5) is 12.4. The van der Waals surface area contributed by atoms with Gasteiger partial charge in [0.05, 0.1) is 10.2 Å². The lowest BCUT2D eigenvalue weighted by molar-refractivity contribution is -0.122. The van der Waals surface area contributed by atoms with Gasteiger partial charge in [-0.05, 0) is 65.2 Å². The van der Waals surface area contributed by atoms with Crippen molar-refractivity contribution in [3.8, 4) is 5.75 Å². The Hall–Kier alpha value is -2.16. The number of rotatable bonds is 9. The van der Waals surface area contributed by atoms with E-state index in [-0.39, 0.29) is 18.2 Å². The molecule has 0 aliphatic rings. The van der Waals surface area contributed by atoms with Gasteiger partial charge in [0, 0.05) is 12.2 Å². The van der Waals surface area contributed by atoms with Gasteiger partial charge in [0.25, 0.3) is 5.91 Å². The van der Waals surface area contributed by atoms with Crippen molar-refractivity contribution in [3.63, 3.8) is 0 Å². The first-order valence-electron chi connectivity index (χ1n) is 8.61. The maximum absolute atomic E-state index is 12.4. The third-order valence-electron chi connectivity index (χ3n) is 3.79. The Morgan fingerprint density at radius 1 is 1.25 bits per heavy atom. The molecular weight excluding hydrogens is 444 g/mol. The summed E-state index contributed by atoms with van der Waals surface area (Å²) in [6.45, 7) is 7.29. The number of anilines is 1. The van der Waals surface area contributed by atoms with E-state index in [0.717, 1.165) is 10.0 Å². The predicted molar refractivity (Wildman–Crippen MR) is 115 cm³/mol. The van der Waals surface area contributed by atoms with Gasteiger partial charge >= 0.3 is 0 Å². The minimum absolute atomic E-state index is 0.143. The number of hydrogen-bond acceptors (Lipinski definition) is 4. The Morgan fingerprint density at radius 3 is 2.54 bits per heavy atom. The molecule has 0 fully saturated rings. The highest BCUT2D eigenvalue weighted by molar-refractivity contribution is 9.10. The predicted octanol–water partition coefficient (Wildman–Crippen LogP) is 3.77. The molecular formula is C20H23BrN2O4S. The Labute approximate surface area is 174 Å². The number of amides is 1. The van der Waals surface area contributed by atoms with Crippen LogP contribution in [0.5, 0.6) is 5.75 Å². The summed E-state index contributed by atoms with van der Waals surface area (Å²) in [5, 5.41) is 2.76. The standard InChI is InChI=1S/C20H23BrN2O4S/c1-4-11-22-28(25,26)13-16-6-8-17(9-7-16)23-20(24)15(3)27-19-10-5-14(2)12-18(19)21/h4-10,12,15,22H,1,11,13H2,2-3H3,(H,23,24). The van der Waals surface area contributed by atoms with Crippen LogP contribution in [0.2, 0.25) is 0 Å². The third kappa shape index (κ3) is 6.78. The third-order valence-corrected chi connectivity index (χ3v) is 5.73. The van der Waals surface area contributed by atoms with E-state index in [4.69, 9.17) is 4.74 Å². The van der Waals surface area contributed by atoms with Crippen molar-refractivity contribution in [3.05, 3.63) is 70.7 Å². The maximum atomic E-state index is 12.4. The van der Waals surface area contributed by atoms with Crippen LogP contribution in [-0.2, 0) is 20.6 Å². The fourth-order valence-corrected chi connectivity index (χ4v) is 4.02. The van der Waals surface area contributed by atoms with E-state index >= 15 is 0 Å². The zero-order valence-corrected chi connectivity index (χ0v) is 18.1. The zero-order chi connectivity index (χ0) is 20.7. The van der Waals surface area contributed by atoms with Gasteiger partial charge in [0.1, 0.15) is 5.75 Å². The van der Waals surface area contributed by atoms with E-state index in [1.165, 1.54) is 6.08 Å². The molecule has 6 nitrogen and oxygen atoms in total. The van der Waals surface area contributed by atoms with E-state index in [2.05, 4.69) is 32.5 Å². The summed E-state index contributed by atoms with van der Waals surface area (Å²) in [5.74, 6) is 0.136. The SMILES string of the molecule is C=CCNS(=O)(=O)Cc1ccc(NC(=O)C(C)Oc2ccc(C)cc2Br)cc1. The Kier molecular flexibility index (Phi) is 7.79. The summed E-state index contributed by atoms with van der Waals surface area (Å²) < 4.78 is 32.7. The molecule has 2 rings (SSSR count). The lowest BCUT2D eigenvalue weighted by atomic mass is 10.2. The van der Waals surface area contributed by atoms with Gasteiger partial charge in [0.15, 0.2) is 6.10 Å². The number of sulfonamides is 1. The quantitative estimate of drug-likeness (QED) is 0.550. The monoisotopic (exact) mass is 466 g/mol. The van der Waals surface area contributed by atoms with Crippen molar-refractivity contribution in [2.45, 2.75) is 25.7 Å². The highest BCUT2D eigenvalue weighted by Crippen LogP contribution is 2.26. The molecule has 0 aliphatic heterocycles. The van der Waals surface area contributed by atoms with Crippen LogP contribution in [0, 0.1) is 6.92 Å². The molecule has 0 spiro atoms. The Bertz CT molecular complexity index is 943. The lowest BCUT2D eigenvalue weighted by Crippen LogP contribution is -2.30.